The summed E-state index contributed by atoms with van der Waals surface area (Å²) in [6, 6.07) is 8.15. The molecule has 96 valence electrons. The van der Waals surface area contributed by atoms with E-state index in [9.17, 15) is 0 Å². The van der Waals surface area contributed by atoms with Crippen LogP contribution in [0.15, 0.2) is 36.8 Å². The van der Waals surface area contributed by atoms with Crippen LogP contribution in [0.3, 0.4) is 0 Å². The fourth-order valence-corrected chi connectivity index (χ4v) is 2.24. The molecule has 4 heteroatoms. The lowest BCUT2D eigenvalue weighted by atomic mass is 10.1. The second-order valence-corrected chi connectivity index (χ2v) is 4.73. The Bertz CT molecular complexity index is 743. The molecule has 0 bridgehead atoms. The first kappa shape index (κ1) is 11.9. The van der Waals surface area contributed by atoms with Crippen molar-refractivity contribution in [1.29, 1.82) is 0 Å². The molecule has 0 aliphatic rings. The second-order valence-electron chi connectivity index (χ2n) is 4.73. The molecular formula is C15H16N4. The van der Waals surface area contributed by atoms with Gasteiger partial charge >= 0.3 is 0 Å². The van der Waals surface area contributed by atoms with Crippen LogP contribution in [0.4, 0.5) is 0 Å². The van der Waals surface area contributed by atoms with Gasteiger partial charge in [-0.15, -0.1) is 0 Å². The Morgan fingerprint density at radius 3 is 2.74 bits per heavy atom. The Morgan fingerprint density at radius 1 is 1.16 bits per heavy atom. The molecule has 19 heavy (non-hydrogen) atoms. The number of fused-ring (bicyclic) bond motifs is 1. The van der Waals surface area contributed by atoms with Crippen LogP contribution in [0.2, 0.25) is 0 Å². The van der Waals surface area contributed by atoms with E-state index in [1.807, 2.05) is 23.0 Å². The molecule has 0 aliphatic carbocycles. The highest BCUT2D eigenvalue weighted by molar-refractivity contribution is 5.79. The Labute approximate surface area is 111 Å². The predicted octanol–water partition coefficient (Wildman–Crippen LogP) is 2.50. The molecule has 0 unspecified atom stereocenters. The molecule has 1 aromatic carbocycles. The van der Waals surface area contributed by atoms with E-state index in [4.69, 9.17) is 5.73 Å². The summed E-state index contributed by atoms with van der Waals surface area (Å²) in [5, 5.41) is 0. The zero-order valence-corrected chi connectivity index (χ0v) is 11.1. The monoisotopic (exact) mass is 252 g/mol. The highest BCUT2D eigenvalue weighted by Gasteiger charge is 2.10. The molecule has 2 heterocycles. The maximum Gasteiger partial charge on any atom is 0.142 e. The molecule has 3 aromatic rings. The third kappa shape index (κ3) is 1.90. The van der Waals surface area contributed by atoms with Crippen LogP contribution >= 0.6 is 0 Å². The SMILES string of the molecule is Cc1cc2ncn(-c3ncccc3CN)c2cc1C. The van der Waals surface area contributed by atoms with E-state index in [1.165, 1.54) is 11.1 Å². The number of aromatic nitrogens is 3. The van der Waals surface area contributed by atoms with Gasteiger partial charge in [-0.3, -0.25) is 4.57 Å². The van der Waals surface area contributed by atoms with Crippen molar-refractivity contribution >= 4 is 11.0 Å². The van der Waals surface area contributed by atoms with Crippen LogP contribution < -0.4 is 5.73 Å². The molecule has 0 fully saturated rings. The van der Waals surface area contributed by atoms with Gasteiger partial charge in [0.05, 0.1) is 11.0 Å². The molecule has 0 amide bonds. The summed E-state index contributed by atoms with van der Waals surface area (Å²) in [4.78, 5) is 8.89. The largest absolute Gasteiger partial charge is 0.326 e. The first-order valence-electron chi connectivity index (χ1n) is 6.29. The van der Waals surface area contributed by atoms with Crippen molar-refractivity contribution in [3.8, 4) is 5.82 Å². The van der Waals surface area contributed by atoms with Gasteiger partial charge in [0.15, 0.2) is 0 Å². The minimum absolute atomic E-state index is 0.466. The molecule has 0 saturated heterocycles. The lowest BCUT2D eigenvalue weighted by Crippen LogP contribution is -2.05. The summed E-state index contributed by atoms with van der Waals surface area (Å²) in [5.41, 5.74) is 11.3. The number of benzene rings is 1. The Kier molecular flexibility index (Phi) is 2.80. The van der Waals surface area contributed by atoms with Crippen molar-refractivity contribution in [1.82, 2.24) is 14.5 Å². The number of hydrogen-bond donors (Lipinski definition) is 1. The molecule has 0 spiro atoms. The molecule has 3 rings (SSSR count). The van der Waals surface area contributed by atoms with Gasteiger partial charge < -0.3 is 5.73 Å². The predicted molar refractivity (Wildman–Crippen MR) is 76.2 cm³/mol. The quantitative estimate of drug-likeness (QED) is 0.762. The van der Waals surface area contributed by atoms with Gasteiger partial charge in [0.2, 0.25) is 0 Å². The van der Waals surface area contributed by atoms with Gasteiger partial charge in [-0.1, -0.05) is 6.07 Å². The number of hydrogen-bond acceptors (Lipinski definition) is 3. The minimum atomic E-state index is 0.466. The van der Waals surface area contributed by atoms with Crippen LogP contribution in [0.1, 0.15) is 16.7 Å². The summed E-state index contributed by atoms with van der Waals surface area (Å²) in [5.74, 6) is 0.857. The van der Waals surface area contributed by atoms with E-state index in [-0.39, 0.29) is 0 Å². The Hall–Kier alpha value is -2.20. The number of rotatable bonds is 2. The maximum atomic E-state index is 5.78. The van der Waals surface area contributed by atoms with E-state index >= 15 is 0 Å². The highest BCUT2D eigenvalue weighted by Crippen LogP contribution is 2.22. The molecule has 2 aromatic heterocycles. The van der Waals surface area contributed by atoms with Crippen molar-refractivity contribution in [3.63, 3.8) is 0 Å². The van der Waals surface area contributed by atoms with Gasteiger partial charge in [0.25, 0.3) is 0 Å². The molecule has 4 nitrogen and oxygen atoms in total. The van der Waals surface area contributed by atoms with Crippen molar-refractivity contribution in [2.24, 2.45) is 5.73 Å². The summed E-state index contributed by atoms with van der Waals surface area (Å²) in [6.07, 6.45) is 3.59. The molecule has 2 N–H and O–H groups in total. The molecular weight excluding hydrogens is 236 g/mol. The fraction of sp³-hybridized carbons (Fsp3) is 0.200. The van der Waals surface area contributed by atoms with Crippen LogP contribution in [-0.2, 0) is 6.54 Å². The third-order valence-electron chi connectivity index (χ3n) is 3.48. The third-order valence-corrected chi connectivity index (χ3v) is 3.48. The number of imidazole rings is 1. The van der Waals surface area contributed by atoms with E-state index in [0.717, 1.165) is 22.4 Å². The number of aryl methyl sites for hydroxylation is 2. The van der Waals surface area contributed by atoms with Crippen molar-refractivity contribution in [2.45, 2.75) is 20.4 Å². The number of nitrogens with zero attached hydrogens (tertiary/aromatic N) is 3. The maximum absolute atomic E-state index is 5.78. The number of pyridine rings is 1. The minimum Gasteiger partial charge on any atom is -0.326 e. The van der Waals surface area contributed by atoms with E-state index in [2.05, 4.69) is 35.9 Å². The van der Waals surface area contributed by atoms with Crippen LogP contribution in [0, 0.1) is 13.8 Å². The van der Waals surface area contributed by atoms with Gasteiger partial charge in [0, 0.05) is 18.3 Å². The van der Waals surface area contributed by atoms with Gasteiger partial charge in [-0.25, -0.2) is 9.97 Å². The topological polar surface area (TPSA) is 56.7 Å². The van der Waals surface area contributed by atoms with E-state index < -0.39 is 0 Å². The summed E-state index contributed by atoms with van der Waals surface area (Å²) in [7, 11) is 0. The number of nitrogens with two attached hydrogens (primary N) is 1. The van der Waals surface area contributed by atoms with Crippen LogP contribution in [0.5, 0.6) is 0 Å². The Balaban J connectivity index is 2.28. The lowest BCUT2D eigenvalue weighted by Gasteiger charge is -2.09. The van der Waals surface area contributed by atoms with E-state index in [1.54, 1.807) is 6.20 Å². The van der Waals surface area contributed by atoms with E-state index in [0.29, 0.717) is 6.54 Å². The first-order valence-corrected chi connectivity index (χ1v) is 6.29. The fourth-order valence-electron chi connectivity index (χ4n) is 2.24. The van der Waals surface area contributed by atoms with Crippen molar-refractivity contribution in [3.05, 3.63) is 53.5 Å². The summed E-state index contributed by atoms with van der Waals surface area (Å²) in [6.45, 7) is 4.67. The summed E-state index contributed by atoms with van der Waals surface area (Å²) < 4.78 is 2.00. The normalized spacial score (nSPS) is 11.1. The smallest absolute Gasteiger partial charge is 0.142 e. The lowest BCUT2D eigenvalue weighted by molar-refractivity contribution is 0.950. The van der Waals surface area contributed by atoms with Crippen LogP contribution in [-0.4, -0.2) is 14.5 Å². The molecule has 0 aliphatic heterocycles. The average Bonchev–Trinajstić information content (AvgIpc) is 2.82. The van der Waals surface area contributed by atoms with Gasteiger partial charge in [-0.2, -0.15) is 0 Å². The van der Waals surface area contributed by atoms with Crippen molar-refractivity contribution < 1.29 is 0 Å². The zero-order chi connectivity index (χ0) is 13.4. The van der Waals surface area contributed by atoms with Gasteiger partial charge in [-0.05, 0) is 43.2 Å². The van der Waals surface area contributed by atoms with Crippen molar-refractivity contribution in [2.75, 3.05) is 0 Å². The van der Waals surface area contributed by atoms with Gasteiger partial charge in [0.1, 0.15) is 12.1 Å². The zero-order valence-electron chi connectivity index (χ0n) is 11.1. The molecule has 0 radical (unpaired) electrons. The molecule has 0 saturated carbocycles. The summed E-state index contributed by atoms with van der Waals surface area (Å²) >= 11 is 0. The average molecular weight is 252 g/mol. The Morgan fingerprint density at radius 2 is 1.95 bits per heavy atom. The molecule has 0 atom stereocenters. The van der Waals surface area contributed by atoms with Crippen LogP contribution in [0.25, 0.3) is 16.9 Å². The standard InChI is InChI=1S/C15H16N4/c1-10-6-13-14(7-11(10)2)19(9-18-13)15-12(8-16)4-3-5-17-15/h3-7,9H,8,16H2,1-2H3. The first-order chi connectivity index (χ1) is 9.20. The second kappa shape index (κ2) is 4.48. The highest BCUT2D eigenvalue weighted by atomic mass is 15.1.